The third kappa shape index (κ3) is 2.88. The number of H-pyrrole nitrogens is 1. The molecule has 0 aromatic carbocycles. The summed E-state index contributed by atoms with van der Waals surface area (Å²) in [5.74, 6) is 0.666. The smallest absolute Gasteiger partial charge is 0.260 e. The van der Waals surface area contributed by atoms with Gasteiger partial charge in [0.15, 0.2) is 5.03 Å². The fourth-order valence-corrected chi connectivity index (χ4v) is 4.11. The van der Waals surface area contributed by atoms with Crippen molar-refractivity contribution in [1.82, 2.24) is 14.3 Å². The molecule has 2 atom stereocenters. The number of hydrogen-bond donors (Lipinski definition) is 2. The summed E-state index contributed by atoms with van der Waals surface area (Å²) in [6.45, 7) is 2.62. The molecule has 2 unspecified atom stereocenters. The summed E-state index contributed by atoms with van der Waals surface area (Å²) in [5, 5.41) is 0.142. The standard InChI is InChI=1S/C12H22N4O3S/c1-3-11-14-8-12(15-11)20(17,18)16-5-4-10(19-2)6-9(16)7-13/h8-10H,3-7,13H2,1-2H3,(H,14,15). The molecule has 0 radical (unpaired) electrons. The zero-order chi connectivity index (χ0) is 14.8. The van der Waals surface area contributed by atoms with Gasteiger partial charge in [-0.25, -0.2) is 13.4 Å². The Labute approximate surface area is 119 Å². The second-order valence-electron chi connectivity index (χ2n) is 4.94. The van der Waals surface area contributed by atoms with Crippen molar-refractivity contribution in [2.45, 2.75) is 43.4 Å². The summed E-state index contributed by atoms with van der Waals surface area (Å²) in [6, 6.07) is -0.230. The van der Waals surface area contributed by atoms with Crippen LogP contribution in [0.3, 0.4) is 0 Å². The van der Waals surface area contributed by atoms with Gasteiger partial charge in [-0.3, -0.25) is 0 Å². The van der Waals surface area contributed by atoms with Crippen molar-refractivity contribution < 1.29 is 13.2 Å². The molecule has 0 spiro atoms. The maximum absolute atomic E-state index is 12.6. The molecular weight excluding hydrogens is 280 g/mol. The lowest BCUT2D eigenvalue weighted by atomic mass is 10.0. The summed E-state index contributed by atoms with van der Waals surface area (Å²) in [4.78, 5) is 6.92. The van der Waals surface area contributed by atoms with E-state index in [9.17, 15) is 8.42 Å². The minimum absolute atomic E-state index is 0.0722. The molecule has 1 fully saturated rings. The van der Waals surface area contributed by atoms with Crippen LogP contribution in [0, 0.1) is 0 Å². The first-order valence-electron chi connectivity index (χ1n) is 6.81. The summed E-state index contributed by atoms with van der Waals surface area (Å²) in [5.41, 5.74) is 5.73. The first-order valence-corrected chi connectivity index (χ1v) is 8.25. The van der Waals surface area contributed by atoms with Crippen molar-refractivity contribution in [2.75, 3.05) is 20.2 Å². The van der Waals surface area contributed by atoms with Gasteiger partial charge in [0.2, 0.25) is 0 Å². The number of ether oxygens (including phenoxy) is 1. The van der Waals surface area contributed by atoms with Crippen LogP contribution in [0.1, 0.15) is 25.6 Å². The van der Waals surface area contributed by atoms with Gasteiger partial charge in [0, 0.05) is 32.7 Å². The number of aromatic amines is 1. The van der Waals surface area contributed by atoms with E-state index in [-0.39, 0.29) is 23.7 Å². The molecule has 1 aromatic rings. The molecule has 8 heteroatoms. The van der Waals surface area contributed by atoms with Crippen LogP contribution >= 0.6 is 0 Å². The highest BCUT2D eigenvalue weighted by Gasteiger charge is 2.37. The van der Waals surface area contributed by atoms with Gasteiger partial charge in [0.25, 0.3) is 10.0 Å². The lowest BCUT2D eigenvalue weighted by molar-refractivity contribution is 0.0401. The van der Waals surface area contributed by atoms with Crippen molar-refractivity contribution >= 4 is 10.0 Å². The molecule has 0 saturated carbocycles. The average Bonchev–Trinajstić information content (AvgIpc) is 2.96. The Bertz CT molecular complexity index is 543. The number of piperidine rings is 1. The Hall–Kier alpha value is -0.960. The van der Waals surface area contributed by atoms with Gasteiger partial charge in [-0.05, 0) is 12.8 Å². The van der Waals surface area contributed by atoms with E-state index in [4.69, 9.17) is 10.5 Å². The Balaban J connectivity index is 2.24. The van der Waals surface area contributed by atoms with Crippen molar-refractivity contribution in [3.8, 4) is 0 Å². The number of nitrogens with zero attached hydrogens (tertiary/aromatic N) is 2. The molecule has 1 aliphatic rings. The van der Waals surface area contributed by atoms with Gasteiger partial charge in [-0.2, -0.15) is 4.31 Å². The molecule has 0 bridgehead atoms. The normalized spacial score (nSPS) is 24.9. The molecule has 2 heterocycles. The zero-order valence-corrected chi connectivity index (χ0v) is 12.7. The molecule has 7 nitrogen and oxygen atoms in total. The Morgan fingerprint density at radius 2 is 2.35 bits per heavy atom. The van der Waals surface area contributed by atoms with Gasteiger partial charge >= 0.3 is 0 Å². The lowest BCUT2D eigenvalue weighted by Gasteiger charge is -2.36. The van der Waals surface area contributed by atoms with E-state index in [0.29, 0.717) is 31.6 Å². The van der Waals surface area contributed by atoms with Crippen LogP contribution in [0.25, 0.3) is 0 Å². The fourth-order valence-electron chi connectivity index (χ4n) is 2.52. The number of hydrogen-bond acceptors (Lipinski definition) is 5. The van der Waals surface area contributed by atoms with E-state index in [1.807, 2.05) is 6.92 Å². The molecule has 1 aromatic heterocycles. The molecule has 0 amide bonds. The molecule has 2 rings (SSSR count). The van der Waals surface area contributed by atoms with E-state index < -0.39 is 10.0 Å². The van der Waals surface area contributed by atoms with Gasteiger partial charge in [-0.1, -0.05) is 6.92 Å². The first kappa shape index (κ1) is 15.4. The van der Waals surface area contributed by atoms with Crippen molar-refractivity contribution in [2.24, 2.45) is 5.73 Å². The maximum atomic E-state index is 12.6. The van der Waals surface area contributed by atoms with Crippen LogP contribution in [0.15, 0.2) is 11.2 Å². The molecule has 114 valence electrons. The molecule has 0 aliphatic carbocycles. The average molecular weight is 302 g/mol. The lowest BCUT2D eigenvalue weighted by Crippen LogP contribution is -2.51. The molecule has 1 aliphatic heterocycles. The second kappa shape index (κ2) is 6.21. The van der Waals surface area contributed by atoms with Crippen molar-refractivity contribution in [1.29, 1.82) is 0 Å². The quantitative estimate of drug-likeness (QED) is 0.803. The Morgan fingerprint density at radius 1 is 1.60 bits per heavy atom. The first-order chi connectivity index (χ1) is 9.52. The predicted octanol–water partition coefficient (Wildman–Crippen LogP) is 0.0989. The highest BCUT2D eigenvalue weighted by atomic mass is 32.2. The highest BCUT2D eigenvalue weighted by Crippen LogP contribution is 2.25. The molecule has 3 N–H and O–H groups in total. The number of rotatable bonds is 5. The number of aryl methyl sites for hydroxylation is 1. The number of nitrogens with one attached hydrogen (secondary N) is 1. The van der Waals surface area contributed by atoms with Gasteiger partial charge < -0.3 is 15.5 Å². The van der Waals surface area contributed by atoms with Crippen LogP contribution in [0.2, 0.25) is 0 Å². The van der Waals surface area contributed by atoms with Crippen molar-refractivity contribution in [3.63, 3.8) is 0 Å². The molecule has 1 saturated heterocycles. The summed E-state index contributed by atoms with van der Waals surface area (Å²) in [6.07, 6.45) is 3.43. The largest absolute Gasteiger partial charge is 0.381 e. The maximum Gasteiger partial charge on any atom is 0.260 e. The Morgan fingerprint density at radius 3 is 2.90 bits per heavy atom. The van der Waals surface area contributed by atoms with Gasteiger partial charge in [0.1, 0.15) is 5.82 Å². The third-order valence-corrected chi connectivity index (χ3v) is 5.61. The van der Waals surface area contributed by atoms with Gasteiger partial charge in [0.05, 0.1) is 12.3 Å². The SMILES string of the molecule is CCc1ncc(S(=O)(=O)N2CCC(OC)CC2CN)[nH]1. The van der Waals surface area contributed by atoms with E-state index >= 15 is 0 Å². The van der Waals surface area contributed by atoms with Crippen molar-refractivity contribution in [3.05, 3.63) is 12.0 Å². The highest BCUT2D eigenvalue weighted by molar-refractivity contribution is 7.89. The predicted molar refractivity (Wildman–Crippen MR) is 74.7 cm³/mol. The number of nitrogens with two attached hydrogens (primary N) is 1. The number of aromatic nitrogens is 2. The van der Waals surface area contributed by atoms with Crippen LogP contribution < -0.4 is 5.73 Å². The Kier molecular flexibility index (Phi) is 4.79. The minimum atomic E-state index is -3.56. The molecule has 20 heavy (non-hydrogen) atoms. The van der Waals surface area contributed by atoms with E-state index in [1.165, 1.54) is 10.5 Å². The van der Waals surface area contributed by atoms with Crippen LogP contribution in [-0.4, -0.2) is 55.0 Å². The number of methoxy groups -OCH3 is 1. The summed E-state index contributed by atoms with van der Waals surface area (Å²) >= 11 is 0. The summed E-state index contributed by atoms with van der Waals surface area (Å²) in [7, 11) is -1.92. The van der Waals surface area contributed by atoms with Crippen LogP contribution in [-0.2, 0) is 21.2 Å². The van der Waals surface area contributed by atoms with E-state index in [0.717, 1.165) is 0 Å². The second-order valence-corrected chi connectivity index (χ2v) is 6.79. The topological polar surface area (TPSA) is 101 Å². The fraction of sp³-hybridized carbons (Fsp3) is 0.750. The van der Waals surface area contributed by atoms with E-state index in [1.54, 1.807) is 7.11 Å². The number of sulfonamides is 1. The molecular formula is C12H22N4O3S. The van der Waals surface area contributed by atoms with Crippen LogP contribution in [0.5, 0.6) is 0 Å². The zero-order valence-electron chi connectivity index (χ0n) is 11.9. The number of imidazole rings is 1. The summed E-state index contributed by atoms with van der Waals surface area (Å²) < 4.78 is 32.1. The van der Waals surface area contributed by atoms with E-state index in [2.05, 4.69) is 9.97 Å². The third-order valence-electron chi connectivity index (χ3n) is 3.75. The monoisotopic (exact) mass is 302 g/mol. The van der Waals surface area contributed by atoms with Crippen LogP contribution in [0.4, 0.5) is 0 Å². The minimum Gasteiger partial charge on any atom is -0.381 e. The van der Waals surface area contributed by atoms with Gasteiger partial charge in [-0.15, -0.1) is 0 Å².